The highest BCUT2D eigenvalue weighted by Gasteiger charge is 2.19. The van der Waals surface area contributed by atoms with Crippen LogP contribution < -0.4 is 0 Å². The van der Waals surface area contributed by atoms with Gasteiger partial charge in [0.15, 0.2) is 6.10 Å². The fourth-order valence-electron chi connectivity index (χ4n) is 8.07. The number of rotatable bonds is 52. The molecule has 0 rings (SSSR count). The van der Waals surface area contributed by atoms with E-state index in [4.69, 9.17) is 14.2 Å². The van der Waals surface area contributed by atoms with Crippen molar-refractivity contribution < 1.29 is 28.6 Å². The largest absolute Gasteiger partial charge is 0.462 e. The van der Waals surface area contributed by atoms with Gasteiger partial charge in [0.05, 0.1) is 0 Å². The summed E-state index contributed by atoms with van der Waals surface area (Å²) in [5.74, 6) is -0.897. The van der Waals surface area contributed by atoms with E-state index in [1.165, 1.54) is 141 Å². The first-order chi connectivity index (χ1) is 33.5. The van der Waals surface area contributed by atoms with Crippen LogP contribution in [0.2, 0.25) is 0 Å². The molecule has 0 saturated carbocycles. The molecular weight excluding hydrogens is 841 g/mol. The second-order valence-electron chi connectivity index (χ2n) is 19.2. The second kappa shape index (κ2) is 56.4. The molecule has 0 bridgehead atoms. The third kappa shape index (κ3) is 53.8. The summed E-state index contributed by atoms with van der Waals surface area (Å²) in [5.41, 5.74) is 0. The average Bonchev–Trinajstić information content (AvgIpc) is 3.34. The minimum atomic E-state index is -0.784. The fourth-order valence-corrected chi connectivity index (χ4v) is 8.07. The minimum absolute atomic E-state index is 0.0826. The first-order valence-corrected chi connectivity index (χ1v) is 28.9. The maximum absolute atomic E-state index is 12.8. The zero-order valence-electron chi connectivity index (χ0n) is 44.9. The molecule has 6 heteroatoms. The smallest absolute Gasteiger partial charge is 0.306 e. The van der Waals surface area contributed by atoms with Crippen molar-refractivity contribution >= 4 is 17.9 Å². The van der Waals surface area contributed by atoms with Gasteiger partial charge < -0.3 is 14.2 Å². The highest BCUT2D eigenvalue weighted by molar-refractivity contribution is 5.71. The summed E-state index contributed by atoms with van der Waals surface area (Å²) in [6.45, 7) is 6.50. The van der Waals surface area contributed by atoms with Crippen molar-refractivity contribution in [2.24, 2.45) is 0 Å². The van der Waals surface area contributed by atoms with Gasteiger partial charge in [-0.2, -0.15) is 0 Å². The van der Waals surface area contributed by atoms with Crippen LogP contribution in [0.3, 0.4) is 0 Å². The molecule has 0 aliphatic heterocycles. The van der Waals surface area contributed by atoms with E-state index in [9.17, 15) is 14.4 Å². The lowest BCUT2D eigenvalue weighted by Crippen LogP contribution is -2.30. The number of unbranched alkanes of at least 4 members (excludes halogenated alkanes) is 29. The Morgan fingerprint density at radius 1 is 0.309 bits per heavy atom. The van der Waals surface area contributed by atoms with Crippen molar-refractivity contribution in [3.05, 3.63) is 72.9 Å². The van der Waals surface area contributed by atoms with E-state index in [1.54, 1.807) is 0 Å². The van der Waals surface area contributed by atoms with E-state index >= 15 is 0 Å². The maximum Gasteiger partial charge on any atom is 0.306 e. The number of hydrogen-bond donors (Lipinski definition) is 0. The van der Waals surface area contributed by atoms with E-state index in [-0.39, 0.29) is 31.1 Å². The summed E-state index contributed by atoms with van der Waals surface area (Å²) in [6, 6.07) is 0. The van der Waals surface area contributed by atoms with Gasteiger partial charge in [-0.3, -0.25) is 14.4 Å². The summed E-state index contributed by atoms with van der Waals surface area (Å²) in [4.78, 5) is 38.1. The third-order valence-corrected chi connectivity index (χ3v) is 12.4. The Labute approximate surface area is 421 Å². The van der Waals surface area contributed by atoms with Crippen LogP contribution in [0.1, 0.15) is 284 Å². The van der Waals surface area contributed by atoms with Crippen molar-refractivity contribution in [3.8, 4) is 0 Å². The number of esters is 3. The molecule has 0 aromatic carbocycles. The molecule has 68 heavy (non-hydrogen) atoms. The van der Waals surface area contributed by atoms with Crippen LogP contribution in [0.5, 0.6) is 0 Å². The molecule has 0 amide bonds. The minimum Gasteiger partial charge on any atom is -0.462 e. The lowest BCUT2D eigenvalue weighted by Gasteiger charge is -2.18. The number of carbonyl (C=O) groups is 3. The zero-order valence-corrected chi connectivity index (χ0v) is 44.9. The Hall–Kier alpha value is -3.15. The Bertz CT molecular complexity index is 1270. The van der Waals surface area contributed by atoms with Gasteiger partial charge >= 0.3 is 17.9 Å². The molecule has 0 radical (unpaired) electrons. The van der Waals surface area contributed by atoms with E-state index < -0.39 is 6.10 Å². The molecular formula is C62H108O6. The summed E-state index contributed by atoms with van der Waals surface area (Å²) in [7, 11) is 0. The molecule has 0 saturated heterocycles. The zero-order chi connectivity index (χ0) is 49.3. The molecule has 0 N–H and O–H groups in total. The van der Waals surface area contributed by atoms with Crippen LogP contribution in [0.4, 0.5) is 0 Å². The Morgan fingerprint density at radius 3 is 0.941 bits per heavy atom. The molecule has 0 aromatic rings. The fraction of sp³-hybridized carbons (Fsp3) is 0.758. The first kappa shape index (κ1) is 64.8. The van der Waals surface area contributed by atoms with Crippen molar-refractivity contribution in [2.75, 3.05) is 13.2 Å². The topological polar surface area (TPSA) is 78.9 Å². The first-order valence-electron chi connectivity index (χ1n) is 28.9. The highest BCUT2D eigenvalue weighted by Crippen LogP contribution is 2.15. The van der Waals surface area contributed by atoms with Crippen molar-refractivity contribution in [1.82, 2.24) is 0 Å². The average molecular weight is 950 g/mol. The molecule has 392 valence electrons. The van der Waals surface area contributed by atoms with Crippen LogP contribution in [-0.2, 0) is 28.6 Å². The molecule has 6 nitrogen and oxygen atoms in total. The van der Waals surface area contributed by atoms with Crippen LogP contribution in [0.25, 0.3) is 0 Å². The van der Waals surface area contributed by atoms with Crippen LogP contribution in [0, 0.1) is 0 Å². The third-order valence-electron chi connectivity index (χ3n) is 12.4. The summed E-state index contributed by atoms with van der Waals surface area (Å²) < 4.78 is 16.8. The van der Waals surface area contributed by atoms with E-state index in [2.05, 4.69) is 93.7 Å². The summed E-state index contributed by atoms with van der Waals surface area (Å²) >= 11 is 0. The predicted molar refractivity (Wildman–Crippen MR) is 293 cm³/mol. The van der Waals surface area contributed by atoms with Gasteiger partial charge in [0.2, 0.25) is 0 Å². The molecule has 0 spiro atoms. The quantitative estimate of drug-likeness (QED) is 0.0262. The maximum atomic E-state index is 12.8. The van der Waals surface area contributed by atoms with Crippen LogP contribution >= 0.6 is 0 Å². The van der Waals surface area contributed by atoms with Gasteiger partial charge in [-0.15, -0.1) is 0 Å². The predicted octanol–water partition coefficient (Wildman–Crippen LogP) is 19.4. The number of allylic oxidation sites excluding steroid dienone is 12. The normalized spacial score (nSPS) is 12.6. The lowest BCUT2D eigenvalue weighted by atomic mass is 10.1. The number of carbonyl (C=O) groups excluding carboxylic acids is 3. The number of hydrogen-bond acceptors (Lipinski definition) is 6. The molecule has 1 atom stereocenters. The van der Waals surface area contributed by atoms with Crippen molar-refractivity contribution in [2.45, 2.75) is 290 Å². The lowest BCUT2D eigenvalue weighted by molar-refractivity contribution is -0.167. The van der Waals surface area contributed by atoms with E-state index in [0.717, 1.165) is 103 Å². The van der Waals surface area contributed by atoms with Crippen molar-refractivity contribution in [3.63, 3.8) is 0 Å². The van der Waals surface area contributed by atoms with Gasteiger partial charge in [-0.1, -0.05) is 229 Å². The summed E-state index contributed by atoms with van der Waals surface area (Å²) in [5, 5.41) is 0. The van der Waals surface area contributed by atoms with Gasteiger partial charge in [0.25, 0.3) is 0 Å². The number of ether oxygens (including phenoxy) is 3. The van der Waals surface area contributed by atoms with Crippen molar-refractivity contribution in [1.29, 1.82) is 0 Å². The molecule has 0 heterocycles. The molecule has 0 fully saturated rings. The molecule has 0 aromatic heterocycles. The Kier molecular flexibility index (Phi) is 53.8. The van der Waals surface area contributed by atoms with Gasteiger partial charge in [0.1, 0.15) is 13.2 Å². The van der Waals surface area contributed by atoms with Gasteiger partial charge in [-0.05, 0) is 109 Å². The Balaban J connectivity index is 4.32. The van der Waals surface area contributed by atoms with E-state index in [1.807, 2.05) is 0 Å². The standard InChI is InChI=1S/C62H108O6/c1-4-7-10-13-16-19-22-25-27-28-29-30-31-32-33-34-36-37-40-43-46-49-52-55-61(64)67-58-59(57-66-60(63)54-51-48-45-42-39-24-21-18-15-12-9-6-3)68-62(65)56-53-50-47-44-41-38-35-26-23-20-17-14-11-8-5-2/h7,10,16,18-19,21,25-27,29-30,35,59H,4-6,8-9,11-15,17,20,22-24,28,31-34,36-58H2,1-3H3/b10-7-,19-16-,21-18-,27-25-,30-29-,35-26-. The van der Waals surface area contributed by atoms with Gasteiger partial charge in [0, 0.05) is 19.3 Å². The monoisotopic (exact) mass is 949 g/mol. The van der Waals surface area contributed by atoms with Gasteiger partial charge in [-0.25, -0.2) is 0 Å². The van der Waals surface area contributed by atoms with Crippen LogP contribution in [0.15, 0.2) is 72.9 Å². The molecule has 0 aliphatic rings. The summed E-state index contributed by atoms with van der Waals surface area (Å²) in [6.07, 6.45) is 71.8. The Morgan fingerprint density at radius 2 is 0.574 bits per heavy atom. The second-order valence-corrected chi connectivity index (χ2v) is 19.2. The molecule has 1 unspecified atom stereocenters. The van der Waals surface area contributed by atoms with Crippen LogP contribution in [-0.4, -0.2) is 37.2 Å². The van der Waals surface area contributed by atoms with E-state index in [0.29, 0.717) is 19.3 Å². The molecule has 0 aliphatic carbocycles. The highest BCUT2D eigenvalue weighted by atomic mass is 16.6. The SMILES string of the molecule is CC/C=C\C/C=C\C/C=C\C/C=C\CCCCCCCCCCCCC(=O)OCC(COC(=O)CCCCCCC/C=C\CCCCC)OC(=O)CCCCCCC/C=C\CCCCCCCC.